The zero-order valence-electron chi connectivity index (χ0n) is 14.6. The highest BCUT2D eigenvalue weighted by Crippen LogP contribution is 2.25. The molecule has 1 unspecified atom stereocenters. The molecule has 2 N–H and O–H groups in total. The minimum Gasteiger partial charge on any atom is -0.387 e. The van der Waals surface area contributed by atoms with Crippen LogP contribution in [0.2, 0.25) is 10.0 Å². The van der Waals surface area contributed by atoms with Crippen molar-refractivity contribution in [2.24, 2.45) is 0 Å². The summed E-state index contributed by atoms with van der Waals surface area (Å²) in [6, 6.07) is 20.7. The van der Waals surface area contributed by atoms with Gasteiger partial charge in [0.15, 0.2) is 0 Å². The second kappa shape index (κ2) is 9.43. The standard InChI is InChI=1S/C21H17BrCl2N2O2/c22-15-3-1-2-14(12-15)20(27)13-26(19-10-6-17(24)7-11-19)21(28)25-18-8-4-16(23)5-9-18/h1-12,20,27H,13H2,(H,25,28). The highest BCUT2D eigenvalue weighted by Gasteiger charge is 2.21. The number of carbonyl (C=O) groups excluding carboxylic acids is 1. The van der Waals surface area contributed by atoms with E-state index in [9.17, 15) is 9.90 Å². The van der Waals surface area contributed by atoms with Gasteiger partial charge in [0, 0.05) is 25.9 Å². The number of aliphatic hydroxyl groups excluding tert-OH is 1. The summed E-state index contributed by atoms with van der Waals surface area (Å²) in [5.41, 5.74) is 1.92. The fourth-order valence-electron chi connectivity index (χ4n) is 2.64. The average Bonchev–Trinajstić information content (AvgIpc) is 2.68. The van der Waals surface area contributed by atoms with Gasteiger partial charge in [-0.2, -0.15) is 0 Å². The highest BCUT2D eigenvalue weighted by atomic mass is 79.9. The number of amides is 2. The first-order chi connectivity index (χ1) is 13.4. The van der Waals surface area contributed by atoms with Crippen LogP contribution in [0.4, 0.5) is 16.2 Å². The Morgan fingerprint density at radius 2 is 1.61 bits per heavy atom. The van der Waals surface area contributed by atoms with E-state index in [2.05, 4.69) is 21.2 Å². The Morgan fingerprint density at radius 3 is 2.21 bits per heavy atom. The van der Waals surface area contributed by atoms with Crippen LogP contribution in [0.15, 0.2) is 77.3 Å². The number of anilines is 2. The van der Waals surface area contributed by atoms with Gasteiger partial charge in [0.05, 0.1) is 12.6 Å². The molecule has 4 nitrogen and oxygen atoms in total. The molecule has 0 saturated heterocycles. The molecule has 0 fully saturated rings. The first-order valence-corrected chi connectivity index (χ1v) is 10.0. The molecule has 3 rings (SSSR count). The van der Waals surface area contributed by atoms with Crippen LogP contribution in [0, 0.1) is 0 Å². The number of nitrogens with zero attached hydrogens (tertiary/aromatic N) is 1. The smallest absolute Gasteiger partial charge is 0.326 e. The van der Waals surface area contributed by atoms with Crippen molar-refractivity contribution in [3.05, 3.63) is 92.9 Å². The van der Waals surface area contributed by atoms with Gasteiger partial charge in [0.1, 0.15) is 0 Å². The fourth-order valence-corrected chi connectivity index (χ4v) is 3.31. The molecule has 7 heteroatoms. The molecule has 0 spiro atoms. The Bertz CT molecular complexity index is 949. The number of rotatable bonds is 5. The summed E-state index contributed by atoms with van der Waals surface area (Å²) in [5.74, 6) is 0. The number of hydrogen-bond donors (Lipinski definition) is 2. The van der Waals surface area contributed by atoms with Crippen LogP contribution in [0.5, 0.6) is 0 Å². The van der Waals surface area contributed by atoms with E-state index in [1.165, 1.54) is 4.90 Å². The van der Waals surface area contributed by atoms with E-state index in [-0.39, 0.29) is 12.6 Å². The second-order valence-electron chi connectivity index (χ2n) is 6.09. The Balaban J connectivity index is 1.84. The van der Waals surface area contributed by atoms with Crippen LogP contribution in [0.3, 0.4) is 0 Å². The van der Waals surface area contributed by atoms with Crippen LogP contribution in [-0.2, 0) is 0 Å². The molecule has 144 valence electrons. The zero-order chi connectivity index (χ0) is 20.1. The molecule has 0 aromatic heterocycles. The minimum absolute atomic E-state index is 0.0670. The van der Waals surface area contributed by atoms with Crippen molar-refractivity contribution >= 4 is 56.5 Å². The molecule has 3 aromatic carbocycles. The second-order valence-corrected chi connectivity index (χ2v) is 7.88. The van der Waals surface area contributed by atoms with Crippen LogP contribution < -0.4 is 10.2 Å². The maximum absolute atomic E-state index is 12.9. The summed E-state index contributed by atoms with van der Waals surface area (Å²) in [7, 11) is 0. The third kappa shape index (κ3) is 5.49. The molecule has 0 bridgehead atoms. The quantitative estimate of drug-likeness (QED) is 0.437. The monoisotopic (exact) mass is 478 g/mol. The van der Waals surface area contributed by atoms with Crippen molar-refractivity contribution in [2.45, 2.75) is 6.10 Å². The van der Waals surface area contributed by atoms with Gasteiger partial charge in [0.25, 0.3) is 0 Å². The maximum Gasteiger partial charge on any atom is 0.326 e. The number of carbonyl (C=O) groups is 1. The largest absolute Gasteiger partial charge is 0.387 e. The van der Waals surface area contributed by atoms with E-state index >= 15 is 0 Å². The Morgan fingerprint density at radius 1 is 1.00 bits per heavy atom. The van der Waals surface area contributed by atoms with Gasteiger partial charge in [-0.1, -0.05) is 51.3 Å². The lowest BCUT2D eigenvalue weighted by Crippen LogP contribution is -2.38. The summed E-state index contributed by atoms with van der Waals surface area (Å²) in [6.07, 6.45) is -0.871. The lowest BCUT2D eigenvalue weighted by Gasteiger charge is -2.26. The van der Waals surface area contributed by atoms with Gasteiger partial charge in [-0.15, -0.1) is 0 Å². The van der Waals surface area contributed by atoms with Gasteiger partial charge >= 0.3 is 6.03 Å². The Hall–Kier alpha value is -2.05. The number of aliphatic hydroxyl groups is 1. The SMILES string of the molecule is O=C(Nc1ccc(Cl)cc1)N(CC(O)c1cccc(Br)c1)c1ccc(Cl)cc1. The molecule has 0 aliphatic heterocycles. The molecule has 0 radical (unpaired) electrons. The van der Waals surface area contributed by atoms with E-state index < -0.39 is 6.10 Å². The van der Waals surface area contributed by atoms with Gasteiger partial charge in [0.2, 0.25) is 0 Å². The van der Waals surface area contributed by atoms with Crippen LogP contribution in [-0.4, -0.2) is 17.7 Å². The van der Waals surface area contributed by atoms with E-state index in [0.29, 0.717) is 27.0 Å². The number of hydrogen-bond acceptors (Lipinski definition) is 2. The van der Waals surface area contributed by atoms with Gasteiger partial charge in [-0.05, 0) is 66.2 Å². The van der Waals surface area contributed by atoms with Gasteiger partial charge < -0.3 is 10.4 Å². The zero-order valence-corrected chi connectivity index (χ0v) is 17.7. The van der Waals surface area contributed by atoms with E-state index in [1.807, 2.05) is 24.3 Å². The van der Waals surface area contributed by atoms with Crippen LogP contribution in [0.1, 0.15) is 11.7 Å². The van der Waals surface area contributed by atoms with Crippen LogP contribution in [0.25, 0.3) is 0 Å². The van der Waals surface area contributed by atoms with Crippen molar-refractivity contribution in [1.29, 1.82) is 0 Å². The molecule has 28 heavy (non-hydrogen) atoms. The number of urea groups is 1. The first kappa shape index (κ1) is 20.7. The van der Waals surface area contributed by atoms with E-state index in [1.54, 1.807) is 48.5 Å². The fraction of sp³-hybridized carbons (Fsp3) is 0.0952. The average molecular weight is 480 g/mol. The van der Waals surface area contributed by atoms with E-state index in [4.69, 9.17) is 23.2 Å². The molecule has 2 amide bonds. The van der Waals surface area contributed by atoms with Crippen molar-refractivity contribution in [2.75, 3.05) is 16.8 Å². The maximum atomic E-state index is 12.9. The molecule has 0 aliphatic rings. The summed E-state index contributed by atoms with van der Waals surface area (Å²) in [4.78, 5) is 14.4. The van der Waals surface area contributed by atoms with Crippen molar-refractivity contribution < 1.29 is 9.90 Å². The van der Waals surface area contributed by atoms with E-state index in [0.717, 1.165) is 4.47 Å². The Kier molecular flexibility index (Phi) is 6.97. The number of nitrogens with one attached hydrogen (secondary N) is 1. The topological polar surface area (TPSA) is 52.6 Å². The minimum atomic E-state index is -0.871. The molecule has 3 aromatic rings. The molecule has 0 heterocycles. The number of halogens is 3. The predicted octanol–water partition coefficient (Wildman–Crippen LogP) is 6.53. The number of benzene rings is 3. The summed E-state index contributed by atoms with van der Waals surface area (Å²) < 4.78 is 0.854. The lowest BCUT2D eigenvalue weighted by atomic mass is 10.1. The Labute approximate surface area is 181 Å². The first-order valence-electron chi connectivity index (χ1n) is 8.45. The third-order valence-electron chi connectivity index (χ3n) is 4.07. The molecular formula is C21H17BrCl2N2O2. The third-order valence-corrected chi connectivity index (χ3v) is 5.07. The van der Waals surface area contributed by atoms with Gasteiger partial charge in [-0.3, -0.25) is 4.90 Å². The summed E-state index contributed by atoms with van der Waals surface area (Å²) in [6.45, 7) is 0.0670. The highest BCUT2D eigenvalue weighted by molar-refractivity contribution is 9.10. The summed E-state index contributed by atoms with van der Waals surface area (Å²) >= 11 is 15.3. The van der Waals surface area contributed by atoms with Crippen molar-refractivity contribution in [3.63, 3.8) is 0 Å². The lowest BCUT2D eigenvalue weighted by molar-refractivity contribution is 0.183. The molecule has 0 saturated carbocycles. The van der Waals surface area contributed by atoms with Crippen molar-refractivity contribution in [3.8, 4) is 0 Å². The molecular weight excluding hydrogens is 463 g/mol. The predicted molar refractivity (Wildman–Crippen MR) is 118 cm³/mol. The molecule has 1 atom stereocenters. The van der Waals surface area contributed by atoms with Crippen LogP contribution >= 0.6 is 39.1 Å². The normalized spacial score (nSPS) is 11.7. The van der Waals surface area contributed by atoms with Crippen molar-refractivity contribution in [1.82, 2.24) is 0 Å². The summed E-state index contributed by atoms with van der Waals surface area (Å²) in [5, 5.41) is 14.7. The molecule has 0 aliphatic carbocycles. The van der Waals surface area contributed by atoms with Gasteiger partial charge in [-0.25, -0.2) is 4.79 Å².